The lowest BCUT2D eigenvalue weighted by atomic mass is 10.0. The van der Waals surface area contributed by atoms with E-state index in [-0.39, 0.29) is 5.75 Å². The Hall–Kier alpha value is -1.88. The van der Waals surface area contributed by atoms with Crippen molar-refractivity contribution >= 4 is 17.3 Å². The van der Waals surface area contributed by atoms with Crippen LogP contribution in [0.1, 0.15) is 0 Å². The Morgan fingerprint density at radius 2 is 1.63 bits per heavy atom. The topological polar surface area (TPSA) is 35.2 Å². The summed E-state index contributed by atoms with van der Waals surface area (Å²) in [5.41, 5.74) is 7.46. The zero-order valence-electron chi connectivity index (χ0n) is 9.54. The Bertz CT molecular complexity index is 561. The molecular formula is C13H9ClF3NO. The number of anilines is 1. The number of ether oxygens (including phenoxy) is 1. The third kappa shape index (κ3) is 3.32. The predicted octanol–water partition coefficient (Wildman–Crippen LogP) is 4.49. The Morgan fingerprint density at radius 1 is 1.00 bits per heavy atom. The predicted molar refractivity (Wildman–Crippen MR) is 68.0 cm³/mol. The molecule has 0 aromatic heterocycles. The molecular weight excluding hydrogens is 279 g/mol. The lowest BCUT2D eigenvalue weighted by Crippen LogP contribution is -2.16. The quantitative estimate of drug-likeness (QED) is 0.826. The minimum atomic E-state index is -4.70. The molecule has 2 nitrogen and oxygen atoms in total. The molecule has 0 radical (unpaired) electrons. The normalized spacial score (nSPS) is 11.4. The highest BCUT2D eigenvalue weighted by molar-refractivity contribution is 6.34. The third-order valence-corrected chi connectivity index (χ3v) is 2.74. The molecule has 2 aromatic carbocycles. The zero-order chi connectivity index (χ0) is 14.0. The van der Waals surface area contributed by atoms with E-state index in [1.165, 1.54) is 24.3 Å². The van der Waals surface area contributed by atoms with Crippen LogP contribution in [0, 0.1) is 0 Å². The van der Waals surface area contributed by atoms with Gasteiger partial charge >= 0.3 is 6.36 Å². The van der Waals surface area contributed by atoms with Crippen LogP contribution >= 0.6 is 11.6 Å². The molecule has 0 atom stereocenters. The van der Waals surface area contributed by atoms with Gasteiger partial charge in [0.2, 0.25) is 0 Å². The summed E-state index contributed by atoms with van der Waals surface area (Å²) < 4.78 is 39.9. The van der Waals surface area contributed by atoms with Gasteiger partial charge in [-0.3, -0.25) is 0 Å². The van der Waals surface area contributed by atoms with Crippen molar-refractivity contribution in [2.24, 2.45) is 0 Å². The van der Waals surface area contributed by atoms with Crippen molar-refractivity contribution in [3.8, 4) is 16.9 Å². The molecule has 0 heterocycles. The molecule has 2 N–H and O–H groups in total. The number of hydrogen-bond donors (Lipinski definition) is 1. The Balaban J connectivity index is 2.33. The number of benzene rings is 2. The Labute approximate surface area is 112 Å². The second-order valence-electron chi connectivity index (χ2n) is 3.78. The van der Waals surface area contributed by atoms with Crippen molar-refractivity contribution in [1.82, 2.24) is 0 Å². The summed E-state index contributed by atoms with van der Waals surface area (Å²) in [6.07, 6.45) is -4.70. The molecule has 19 heavy (non-hydrogen) atoms. The van der Waals surface area contributed by atoms with Gasteiger partial charge in [-0.15, -0.1) is 13.2 Å². The van der Waals surface area contributed by atoms with Gasteiger partial charge in [0.15, 0.2) is 0 Å². The van der Waals surface area contributed by atoms with E-state index in [0.717, 1.165) is 0 Å². The smallest absolute Gasteiger partial charge is 0.406 e. The third-order valence-electron chi connectivity index (χ3n) is 2.42. The summed E-state index contributed by atoms with van der Waals surface area (Å²) in [6, 6.07) is 10.4. The maximum Gasteiger partial charge on any atom is 0.573 e. The Kier molecular flexibility index (Phi) is 3.57. The van der Waals surface area contributed by atoms with Gasteiger partial charge < -0.3 is 10.5 Å². The average molecular weight is 288 g/mol. The van der Waals surface area contributed by atoms with Crippen LogP contribution in [-0.2, 0) is 0 Å². The fourth-order valence-electron chi connectivity index (χ4n) is 1.67. The zero-order valence-corrected chi connectivity index (χ0v) is 10.3. The van der Waals surface area contributed by atoms with Gasteiger partial charge in [0, 0.05) is 11.3 Å². The average Bonchev–Trinajstić information content (AvgIpc) is 2.29. The molecule has 2 rings (SSSR count). The molecule has 6 heteroatoms. The van der Waals surface area contributed by atoms with Gasteiger partial charge in [0.05, 0.1) is 5.02 Å². The van der Waals surface area contributed by atoms with E-state index in [2.05, 4.69) is 4.74 Å². The van der Waals surface area contributed by atoms with E-state index in [0.29, 0.717) is 21.8 Å². The van der Waals surface area contributed by atoms with Gasteiger partial charge in [-0.1, -0.05) is 29.8 Å². The standard InChI is InChI=1S/C13H9ClF3NO/c14-10-2-1-3-11(18)12(10)8-4-6-9(7-5-8)19-13(15,16)17/h1-7H,18H2. The lowest BCUT2D eigenvalue weighted by molar-refractivity contribution is -0.274. The maximum atomic E-state index is 12.0. The Morgan fingerprint density at radius 3 is 2.16 bits per heavy atom. The molecule has 0 aliphatic heterocycles. The summed E-state index contributed by atoms with van der Waals surface area (Å²) in [5.74, 6) is -0.290. The van der Waals surface area contributed by atoms with E-state index >= 15 is 0 Å². The second kappa shape index (κ2) is 5.01. The lowest BCUT2D eigenvalue weighted by Gasteiger charge is -2.11. The molecule has 0 unspecified atom stereocenters. The van der Waals surface area contributed by atoms with E-state index in [1.54, 1.807) is 18.2 Å². The second-order valence-corrected chi connectivity index (χ2v) is 4.18. The first-order valence-corrected chi connectivity index (χ1v) is 5.65. The molecule has 0 aliphatic rings. The molecule has 0 saturated carbocycles. The molecule has 0 spiro atoms. The fraction of sp³-hybridized carbons (Fsp3) is 0.0769. The van der Waals surface area contributed by atoms with Crippen molar-refractivity contribution < 1.29 is 17.9 Å². The first-order valence-electron chi connectivity index (χ1n) is 5.27. The van der Waals surface area contributed by atoms with Gasteiger partial charge in [-0.25, -0.2) is 0 Å². The number of hydrogen-bond acceptors (Lipinski definition) is 2. The fourth-order valence-corrected chi connectivity index (χ4v) is 1.96. The van der Waals surface area contributed by atoms with Crippen LogP contribution in [0.4, 0.5) is 18.9 Å². The molecule has 0 aliphatic carbocycles. The van der Waals surface area contributed by atoms with Crippen LogP contribution in [-0.4, -0.2) is 6.36 Å². The van der Waals surface area contributed by atoms with Crippen molar-refractivity contribution in [3.05, 3.63) is 47.5 Å². The number of rotatable bonds is 2. The maximum absolute atomic E-state index is 12.0. The largest absolute Gasteiger partial charge is 0.573 e. The van der Waals surface area contributed by atoms with Crippen LogP contribution in [0.25, 0.3) is 11.1 Å². The van der Waals surface area contributed by atoms with Crippen molar-refractivity contribution in [2.45, 2.75) is 6.36 Å². The minimum Gasteiger partial charge on any atom is -0.406 e. The molecule has 0 bridgehead atoms. The molecule has 0 amide bonds. The van der Waals surface area contributed by atoms with Gasteiger partial charge in [-0.2, -0.15) is 0 Å². The SMILES string of the molecule is Nc1cccc(Cl)c1-c1ccc(OC(F)(F)F)cc1. The highest BCUT2D eigenvalue weighted by Gasteiger charge is 2.30. The van der Waals surface area contributed by atoms with Gasteiger partial charge in [0.1, 0.15) is 5.75 Å². The van der Waals surface area contributed by atoms with Crippen LogP contribution in [0.5, 0.6) is 5.75 Å². The summed E-state index contributed by atoms with van der Waals surface area (Å²) in [7, 11) is 0. The van der Waals surface area contributed by atoms with Crippen LogP contribution in [0.15, 0.2) is 42.5 Å². The summed E-state index contributed by atoms with van der Waals surface area (Å²) in [6.45, 7) is 0. The van der Waals surface area contributed by atoms with Gasteiger partial charge in [0.25, 0.3) is 0 Å². The highest BCUT2D eigenvalue weighted by atomic mass is 35.5. The molecule has 2 aromatic rings. The first-order chi connectivity index (χ1) is 8.87. The van der Waals surface area contributed by atoms with E-state index < -0.39 is 6.36 Å². The van der Waals surface area contributed by atoms with Crippen molar-refractivity contribution in [2.75, 3.05) is 5.73 Å². The number of nitrogens with two attached hydrogens (primary N) is 1. The van der Waals surface area contributed by atoms with E-state index in [4.69, 9.17) is 17.3 Å². The van der Waals surface area contributed by atoms with E-state index in [1.807, 2.05) is 0 Å². The van der Waals surface area contributed by atoms with Crippen LogP contribution < -0.4 is 10.5 Å². The number of halogens is 4. The summed E-state index contributed by atoms with van der Waals surface area (Å²) in [5, 5.41) is 0.435. The van der Waals surface area contributed by atoms with Crippen molar-refractivity contribution in [1.29, 1.82) is 0 Å². The molecule has 100 valence electrons. The highest BCUT2D eigenvalue weighted by Crippen LogP contribution is 2.34. The first kappa shape index (κ1) is 13.5. The van der Waals surface area contributed by atoms with E-state index in [9.17, 15) is 13.2 Å². The molecule has 0 saturated heterocycles. The van der Waals surface area contributed by atoms with Gasteiger partial charge in [-0.05, 0) is 29.8 Å². The van der Waals surface area contributed by atoms with Crippen LogP contribution in [0.2, 0.25) is 5.02 Å². The molecule has 0 fully saturated rings. The minimum absolute atomic E-state index is 0.290. The van der Waals surface area contributed by atoms with Crippen LogP contribution in [0.3, 0.4) is 0 Å². The monoisotopic (exact) mass is 287 g/mol. The number of nitrogen functional groups attached to an aromatic ring is 1. The van der Waals surface area contributed by atoms with Crippen molar-refractivity contribution in [3.63, 3.8) is 0 Å². The number of alkyl halides is 3. The summed E-state index contributed by atoms with van der Waals surface area (Å²) >= 11 is 6.02. The summed E-state index contributed by atoms with van der Waals surface area (Å²) in [4.78, 5) is 0.